The Balaban J connectivity index is 1.96. The number of hydrogen-bond acceptors (Lipinski definition) is 3. The summed E-state index contributed by atoms with van der Waals surface area (Å²) in [7, 11) is 0. The molecule has 0 aliphatic carbocycles. The molecule has 5 nitrogen and oxygen atoms in total. The van der Waals surface area contributed by atoms with Gasteiger partial charge in [-0.3, -0.25) is 4.90 Å². The van der Waals surface area contributed by atoms with Crippen LogP contribution in [0.25, 0.3) is 10.4 Å². The standard InChI is InChI=1S/C11H14N4O/c12-14-13-10-7-15(8-11(10)16)6-9-4-2-1-3-5-9/h1-5,10-11,16H,6-8H2/t10-,11?/m1/s1. The highest BCUT2D eigenvalue weighted by molar-refractivity contribution is 5.14. The van der Waals surface area contributed by atoms with E-state index < -0.39 is 6.10 Å². The number of β-amino-alcohol motifs (C(OH)–C–C–N with tert-alkyl or cyclic N) is 1. The molecule has 0 radical (unpaired) electrons. The maximum absolute atomic E-state index is 9.66. The number of likely N-dealkylation sites (tertiary alicyclic amines) is 1. The first kappa shape index (κ1) is 11.0. The van der Waals surface area contributed by atoms with E-state index in [0.717, 1.165) is 6.54 Å². The highest BCUT2D eigenvalue weighted by Crippen LogP contribution is 2.16. The summed E-state index contributed by atoms with van der Waals surface area (Å²) >= 11 is 0. The largest absolute Gasteiger partial charge is 0.391 e. The van der Waals surface area contributed by atoms with Gasteiger partial charge in [0.1, 0.15) is 0 Å². The van der Waals surface area contributed by atoms with Gasteiger partial charge in [-0.2, -0.15) is 0 Å². The van der Waals surface area contributed by atoms with E-state index >= 15 is 0 Å². The van der Waals surface area contributed by atoms with Crippen molar-refractivity contribution in [1.82, 2.24) is 4.90 Å². The van der Waals surface area contributed by atoms with Crippen LogP contribution < -0.4 is 0 Å². The summed E-state index contributed by atoms with van der Waals surface area (Å²) < 4.78 is 0. The van der Waals surface area contributed by atoms with Gasteiger partial charge in [0.05, 0.1) is 12.1 Å². The summed E-state index contributed by atoms with van der Waals surface area (Å²) in [5, 5.41) is 13.2. The zero-order chi connectivity index (χ0) is 11.4. The Morgan fingerprint density at radius 2 is 2.12 bits per heavy atom. The van der Waals surface area contributed by atoms with Gasteiger partial charge in [0.15, 0.2) is 0 Å². The molecule has 1 unspecified atom stereocenters. The third-order valence-corrected chi connectivity index (χ3v) is 2.78. The van der Waals surface area contributed by atoms with E-state index in [9.17, 15) is 5.11 Å². The van der Waals surface area contributed by atoms with Gasteiger partial charge < -0.3 is 5.11 Å². The molecule has 0 amide bonds. The number of benzene rings is 1. The highest BCUT2D eigenvalue weighted by atomic mass is 16.3. The van der Waals surface area contributed by atoms with Crippen LogP contribution in [0.1, 0.15) is 5.56 Å². The molecule has 5 heteroatoms. The molecule has 1 aliphatic heterocycles. The van der Waals surface area contributed by atoms with Crippen molar-refractivity contribution < 1.29 is 5.11 Å². The van der Waals surface area contributed by atoms with Crippen molar-refractivity contribution in [3.05, 3.63) is 46.3 Å². The van der Waals surface area contributed by atoms with Crippen molar-refractivity contribution in [3.63, 3.8) is 0 Å². The molecule has 0 saturated carbocycles. The predicted molar refractivity (Wildman–Crippen MR) is 60.7 cm³/mol. The van der Waals surface area contributed by atoms with Crippen LogP contribution in [0.4, 0.5) is 0 Å². The average Bonchev–Trinajstić information content (AvgIpc) is 2.61. The lowest BCUT2D eigenvalue weighted by Gasteiger charge is -2.14. The van der Waals surface area contributed by atoms with Gasteiger partial charge >= 0.3 is 0 Å². The van der Waals surface area contributed by atoms with Gasteiger partial charge in [0, 0.05) is 24.5 Å². The zero-order valence-electron chi connectivity index (χ0n) is 8.90. The molecular weight excluding hydrogens is 204 g/mol. The van der Waals surface area contributed by atoms with E-state index in [1.165, 1.54) is 5.56 Å². The van der Waals surface area contributed by atoms with Crippen LogP contribution in [0, 0.1) is 0 Å². The molecule has 1 N–H and O–H groups in total. The van der Waals surface area contributed by atoms with Crippen molar-refractivity contribution in [2.24, 2.45) is 5.11 Å². The molecular formula is C11H14N4O. The second-order valence-corrected chi connectivity index (χ2v) is 4.02. The molecule has 0 spiro atoms. The Bertz CT molecular complexity index is 388. The molecule has 84 valence electrons. The molecule has 2 atom stereocenters. The fraction of sp³-hybridized carbons (Fsp3) is 0.455. The summed E-state index contributed by atoms with van der Waals surface area (Å²) in [4.78, 5) is 4.84. The van der Waals surface area contributed by atoms with Crippen LogP contribution in [0.2, 0.25) is 0 Å². The molecule has 1 aromatic carbocycles. The quantitative estimate of drug-likeness (QED) is 0.475. The lowest BCUT2D eigenvalue weighted by Crippen LogP contribution is -2.21. The minimum atomic E-state index is -0.542. The molecule has 2 rings (SSSR count). The lowest BCUT2D eigenvalue weighted by molar-refractivity contribution is 0.164. The normalized spacial score (nSPS) is 25.3. The van der Waals surface area contributed by atoms with E-state index in [1.54, 1.807) is 0 Å². The van der Waals surface area contributed by atoms with E-state index in [1.807, 2.05) is 30.3 Å². The third kappa shape index (κ3) is 2.52. The number of azide groups is 1. The van der Waals surface area contributed by atoms with Gasteiger partial charge in [0.25, 0.3) is 0 Å². The summed E-state index contributed by atoms with van der Waals surface area (Å²) in [6.45, 7) is 1.98. The van der Waals surface area contributed by atoms with Crippen LogP contribution in [0.3, 0.4) is 0 Å². The molecule has 16 heavy (non-hydrogen) atoms. The number of aliphatic hydroxyl groups is 1. The van der Waals surface area contributed by atoms with Gasteiger partial charge in [-0.1, -0.05) is 35.4 Å². The van der Waals surface area contributed by atoms with Gasteiger partial charge in [0.2, 0.25) is 0 Å². The van der Waals surface area contributed by atoms with E-state index in [-0.39, 0.29) is 6.04 Å². The van der Waals surface area contributed by atoms with Crippen molar-refractivity contribution in [1.29, 1.82) is 0 Å². The van der Waals surface area contributed by atoms with Gasteiger partial charge in [-0.05, 0) is 11.1 Å². The Kier molecular flexibility index (Phi) is 3.41. The molecule has 1 fully saturated rings. The van der Waals surface area contributed by atoms with Crippen LogP contribution in [-0.4, -0.2) is 35.2 Å². The van der Waals surface area contributed by atoms with Gasteiger partial charge in [-0.15, -0.1) is 0 Å². The Morgan fingerprint density at radius 1 is 1.38 bits per heavy atom. The van der Waals surface area contributed by atoms with E-state index in [4.69, 9.17) is 5.53 Å². The number of aliphatic hydroxyl groups excluding tert-OH is 1. The van der Waals surface area contributed by atoms with Gasteiger partial charge in [-0.25, -0.2) is 0 Å². The second-order valence-electron chi connectivity index (χ2n) is 4.02. The maximum atomic E-state index is 9.66. The molecule has 0 aromatic heterocycles. The second kappa shape index (κ2) is 4.99. The molecule has 1 aliphatic rings. The zero-order valence-corrected chi connectivity index (χ0v) is 8.90. The van der Waals surface area contributed by atoms with E-state index in [2.05, 4.69) is 14.9 Å². The number of hydrogen-bond donors (Lipinski definition) is 1. The first-order valence-electron chi connectivity index (χ1n) is 5.28. The molecule has 1 heterocycles. The van der Waals surface area contributed by atoms with E-state index in [0.29, 0.717) is 13.1 Å². The Morgan fingerprint density at radius 3 is 2.81 bits per heavy atom. The Hall–Kier alpha value is -1.55. The molecule has 1 saturated heterocycles. The fourth-order valence-corrected chi connectivity index (χ4v) is 2.00. The summed E-state index contributed by atoms with van der Waals surface area (Å²) in [5.74, 6) is 0. The summed E-state index contributed by atoms with van der Waals surface area (Å²) in [5.41, 5.74) is 9.55. The van der Waals surface area contributed by atoms with Crippen LogP contribution in [-0.2, 0) is 6.54 Å². The first-order chi connectivity index (χ1) is 7.79. The first-order valence-corrected chi connectivity index (χ1v) is 5.28. The minimum absolute atomic E-state index is 0.311. The number of rotatable bonds is 3. The van der Waals surface area contributed by atoms with Crippen molar-refractivity contribution in [2.45, 2.75) is 18.7 Å². The average molecular weight is 218 g/mol. The number of nitrogens with zero attached hydrogens (tertiary/aromatic N) is 4. The smallest absolute Gasteiger partial charge is 0.0773 e. The highest BCUT2D eigenvalue weighted by Gasteiger charge is 2.30. The monoisotopic (exact) mass is 218 g/mol. The Labute approximate surface area is 93.9 Å². The van der Waals surface area contributed by atoms with Crippen LogP contribution in [0.5, 0.6) is 0 Å². The summed E-state index contributed by atoms with van der Waals surface area (Å²) in [6.07, 6.45) is -0.542. The lowest BCUT2D eigenvalue weighted by atomic mass is 10.2. The fourth-order valence-electron chi connectivity index (χ4n) is 2.00. The minimum Gasteiger partial charge on any atom is -0.391 e. The predicted octanol–water partition coefficient (Wildman–Crippen LogP) is 1.54. The molecule has 0 bridgehead atoms. The topological polar surface area (TPSA) is 72.2 Å². The SMILES string of the molecule is [N-]=[N+]=N[C@@H]1CN(Cc2ccccc2)CC1O. The van der Waals surface area contributed by atoms with Crippen molar-refractivity contribution >= 4 is 0 Å². The van der Waals surface area contributed by atoms with Crippen molar-refractivity contribution in [3.8, 4) is 0 Å². The maximum Gasteiger partial charge on any atom is 0.0773 e. The third-order valence-electron chi connectivity index (χ3n) is 2.78. The van der Waals surface area contributed by atoms with Crippen molar-refractivity contribution in [2.75, 3.05) is 13.1 Å². The van der Waals surface area contributed by atoms with Crippen LogP contribution >= 0.6 is 0 Å². The van der Waals surface area contributed by atoms with Crippen LogP contribution in [0.15, 0.2) is 35.4 Å². The summed E-state index contributed by atoms with van der Waals surface area (Å²) in [6, 6.07) is 9.75. The molecule has 1 aromatic rings.